The van der Waals surface area contributed by atoms with Crippen LogP contribution in [0.25, 0.3) is 0 Å². The molecule has 78 valence electrons. The van der Waals surface area contributed by atoms with Gasteiger partial charge >= 0.3 is 5.97 Å². The maximum Gasteiger partial charge on any atom is 0.314 e. The first-order valence-electron chi connectivity index (χ1n) is 4.59. The molecular formula is C11H9ClO3. The van der Waals surface area contributed by atoms with Crippen LogP contribution in [0.4, 0.5) is 0 Å². The van der Waals surface area contributed by atoms with Gasteiger partial charge in [0.15, 0.2) is 0 Å². The molecule has 0 spiro atoms. The topological polar surface area (TPSA) is 54.4 Å². The van der Waals surface area contributed by atoms with Crippen LogP contribution in [-0.4, -0.2) is 17.4 Å². The number of aliphatic carboxylic acids is 1. The molecule has 1 N–H and O–H groups in total. The lowest BCUT2D eigenvalue weighted by Crippen LogP contribution is -2.21. The quantitative estimate of drug-likeness (QED) is 0.802. The molecule has 1 aromatic rings. The summed E-state index contributed by atoms with van der Waals surface area (Å²) in [6.45, 7) is 0. The van der Waals surface area contributed by atoms with Gasteiger partial charge < -0.3 is 5.11 Å². The van der Waals surface area contributed by atoms with Gasteiger partial charge in [0, 0.05) is 10.6 Å². The fraction of sp³-hybridized carbons (Fsp3) is 0.273. The van der Waals surface area contributed by atoms with Gasteiger partial charge in [-0.2, -0.15) is 0 Å². The highest BCUT2D eigenvalue weighted by molar-refractivity contribution is 6.30. The molecule has 1 aliphatic carbocycles. The number of carbonyl (C=O) groups excluding carboxylic acids is 1. The molecule has 0 amide bonds. The number of carbonyl (C=O) groups is 2. The van der Waals surface area contributed by atoms with Crippen molar-refractivity contribution in [3.63, 3.8) is 0 Å². The highest BCUT2D eigenvalue weighted by atomic mass is 35.5. The van der Waals surface area contributed by atoms with E-state index in [2.05, 4.69) is 0 Å². The Kier molecular flexibility index (Phi) is 2.27. The van der Waals surface area contributed by atoms with E-state index in [1.165, 1.54) is 6.07 Å². The first kappa shape index (κ1) is 10.2. The van der Waals surface area contributed by atoms with Gasteiger partial charge in [-0.3, -0.25) is 9.59 Å². The molecular weight excluding hydrogens is 216 g/mol. The molecule has 0 aromatic heterocycles. The summed E-state index contributed by atoms with van der Waals surface area (Å²) in [4.78, 5) is 21.9. The van der Waals surface area contributed by atoms with Crippen LogP contribution in [0.1, 0.15) is 28.8 Å². The minimum atomic E-state index is -0.868. The maximum absolute atomic E-state index is 11.1. The van der Waals surface area contributed by atoms with Crippen LogP contribution < -0.4 is 0 Å². The number of carboxylic acids is 1. The first-order chi connectivity index (χ1) is 7.10. The summed E-state index contributed by atoms with van der Waals surface area (Å²) in [7, 11) is 0. The normalized spacial score (nSPS) is 17.1. The highest BCUT2D eigenvalue weighted by Crippen LogP contribution is 2.49. The van der Waals surface area contributed by atoms with E-state index < -0.39 is 11.4 Å². The SMILES string of the molecule is O=Cc1cc(Cl)ccc1C1(C(=O)O)CC1. The molecule has 0 atom stereocenters. The number of rotatable bonds is 3. The Morgan fingerprint density at radius 3 is 2.60 bits per heavy atom. The van der Waals surface area contributed by atoms with Gasteiger partial charge in [0.1, 0.15) is 6.29 Å². The van der Waals surface area contributed by atoms with Crippen molar-refractivity contribution in [2.75, 3.05) is 0 Å². The molecule has 1 saturated carbocycles. The fourth-order valence-corrected chi connectivity index (χ4v) is 1.97. The summed E-state index contributed by atoms with van der Waals surface area (Å²) in [5, 5.41) is 9.54. The van der Waals surface area contributed by atoms with Crippen molar-refractivity contribution in [3.05, 3.63) is 34.3 Å². The van der Waals surface area contributed by atoms with Gasteiger partial charge in [0.05, 0.1) is 5.41 Å². The summed E-state index contributed by atoms with van der Waals surface area (Å²) >= 11 is 5.74. The lowest BCUT2D eigenvalue weighted by molar-refractivity contribution is -0.140. The highest BCUT2D eigenvalue weighted by Gasteiger charge is 2.52. The smallest absolute Gasteiger partial charge is 0.314 e. The van der Waals surface area contributed by atoms with E-state index in [0.717, 1.165) is 0 Å². The Hall–Kier alpha value is -1.35. The molecule has 2 rings (SSSR count). The zero-order chi connectivity index (χ0) is 11.1. The average Bonchev–Trinajstić information content (AvgIpc) is 2.98. The standard InChI is InChI=1S/C11H9ClO3/c12-8-1-2-9(7(5-8)6-13)11(3-4-11)10(14)15/h1-2,5-6H,3-4H2,(H,14,15). The lowest BCUT2D eigenvalue weighted by atomic mass is 9.92. The number of aldehydes is 1. The average molecular weight is 225 g/mol. The summed E-state index contributed by atoms with van der Waals surface area (Å²) in [6.07, 6.45) is 1.83. The van der Waals surface area contributed by atoms with E-state index in [-0.39, 0.29) is 0 Å². The lowest BCUT2D eigenvalue weighted by Gasteiger charge is -2.12. The second-order valence-corrected chi connectivity index (χ2v) is 4.17. The second kappa shape index (κ2) is 3.35. The van der Waals surface area contributed by atoms with Crippen LogP contribution in [-0.2, 0) is 10.2 Å². The molecule has 0 aliphatic heterocycles. The monoisotopic (exact) mass is 224 g/mol. The Bertz CT molecular complexity index is 435. The summed E-state index contributed by atoms with van der Waals surface area (Å²) in [5.41, 5.74) is 0.109. The zero-order valence-electron chi connectivity index (χ0n) is 7.87. The molecule has 0 heterocycles. The Balaban J connectivity index is 2.53. The molecule has 4 heteroatoms. The maximum atomic E-state index is 11.1. The zero-order valence-corrected chi connectivity index (χ0v) is 8.62. The third-order valence-corrected chi connectivity index (χ3v) is 3.05. The Morgan fingerprint density at radius 1 is 1.47 bits per heavy atom. The van der Waals surface area contributed by atoms with Crippen LogP contribution in [0.5, 0.6) is 0 Å². The molecule has 0 unspecified atom stereocenters. The molecule has 0 radical (unpaired) electrons. The van der Waals surface area contributed by atoms with Gasteiger partial charge in [-0.05, 0) is 30.5 Å². The van der Waals surface area contributed by atoms with E-state index >= 15 is 0 Å². The van der Waals surface area contributed by atoms with E-state index in [9.17, 15) is 9.59 Å². The molecule has 0 saturated heterocycles. The van der Waals surface area contributed by atoms with Crippen LogP contribution in [0.3, 0.4) is 0 Å². The molecule has 3 nitrogen and oxygen atoms in total. The van der Waals surface area contributed by atoms with Gasteiger partial charge in [0.2, 0.25) is 0 Å². The minimum absolute atomic E-state index is 0.377. The number of halogens is 1. The van der Waals surface area contributed by atoms with Crippen molar-refractivity contribution in [3.8, 4) is 0 Å². The van der Waals surface area contributed by atoms with Crippen LogP contribution in [0, 0.1) is 0 Å². The van der Waals surface area contributed by atoms with Gasteiger partial charge in [0.25, 0.3) is 0 Å². The van der Waals surface area contributed by atoms with E-state index in [0.29, 0.717) is 35.3 Å². The van der Waals surface area contributed by atoms with Gasteiger partial charge in [-0.25, -0.2) is 0 Å². The molecule has 1 aliphatic rings. The summed E-state index contributed by atoms with van der Waals surface area (Å²) < 4.78 is 0. The number of carboxylic acid groups (broad SMARTS) is 1. The number of hydrogen-bond donors (Lipinski definition) is 1. The predicted molar refractivity (Wildman–Crippen MR) is 55.4 cm³/mol. The van der Waals surface area contributed by atoms with Crippen molar-refractivity contribution in [2.24, 2.45) is 0 Å². The Labute approximate surface area is 91.7 Å². The number of hydrogen-bond acceptors (Lipinski definition) is 2. The first-order valence-corrected chi connectivity index (χ1v) is 4.96. The second-order valence-electron chi connectivity index (χ2n) is 3.74. The van der Waals surface area contributed by atoms with E-state index in [1.807, 2.05) is 0 Å². The van der Waals surface area contributed by atoms with E-state index in [4.69, 9.17) is 16.7 Å². The van der Waals surface area contributed by atoms with Crippen molar-refractivity contribution in [1.29, 1.82) is 0 Å². The largest absolute Gasteiger partial charge is 0.481 e. The Morgan fingerprint density at radius 2 is 2.13 bits per heavy atom. The molecule has 0 bridgehead atoms. The van der Waals surface area contributed by atoms with E-state index in [1.54, 1.807) is 12.1 Å². The minimum Gasteiger partial charge on any atom is -0.481 e. The third-order valence-electron chi connectivity index (χ3n) is 2.82. The van der Waals surface area contributed by atoms with Gasteiger partial charge in [-0.15, -0.1) is 0 Å². The van der Waals surface area contributed by atoms with Crippen molar-refractivity contribution in [2.45, 2.75) is 18.3 Å². The molecule has 1 aromatic carbocycles. The van der Waals surface area contributed by atoms with Crippen molar-refractivity contribution >= 4 is 23.9 Å². The third kappa shape index (κ3) is 1.53. The van der Waals surface area contributed by atoms with Crippen LogP contribution >= 0.6 is 11.6 Å². The van der Waals surface area contributed by atoms with Crippen LogP contribution in [0.2, 0.25) is 5.02 Å². The van der Waals surface area contributed by atoms with Crippen molar-refractivity contribution in [1.82, 2.24) is 0 Å². The summed E-state index contributed by atoms with van der Waals surface area (Å²) in [6, 6.07) is 4.76. The van der Waals surface area contributed by atoms with Crippen molar-refractivity contribution < 1.29 is 14.7 Å². The van der Waals surface area contributed by atoms with Crippen LogP contribution in [0.15, 0.2) is 18.2 Å². The predicted octanol–water partition coefficient (Wildman–Crippen LogP) is 2.27. The van der Waals surface area contributed by atoms with Gasteiger partial charge in [-0.1, -0.05) is 17.7 Å². The number of benzene rings is 1. The molecule has 15 heavy (non-hydrogen) atoms. The fourth-order valence-electron chi connectivity index (χ4n) is 1.79. The summed E-state index contributed by atoms with van der Waals surface area (Å²) in [5.74, 6) is -0.868. The molecule has 1 fully saturated rings.